The number of esters is 1. The zero-order chi connectivity index (χ0) is 17.9. The van der Waals surface area contributed by atoms with Gasteiger partial charge in [-0.05, 0) is 40.5 Å². The van der Waals surface area contributed by atoms with Crippen molar-refractivity contribution >= 4 is 23.2 Å². The molecule has 6 nitrogen and oxygen atoms in total. The zero-order valence-electron chi connectivity index (χ0n) is 14.8. The molecule has 2 rings (SSSR count). The summed E-state index contributed by atoms with van der Waals surface area (Å²) in [4.78, 5) is 29.4. The van der Waals surface area contributed by atoms with E-state index in [1.807, 2.05) is 13.8 Å². The second-order valence-electron chi connectivity index (χ2n) is 6.72. The Kier molecular flexibility index (Phi) is 5.98. The molecule has 1 aliphatic carbocycles. The summed E-state index contributed by atoms with van der Waals surface area (Å²) in [5, 5.41) is 3.72. The number of ether oxygens (including phenoxy) is 1. The first-order valence-electron chi connectivity index (χ1n) is 8.50. The highest BCUT2D eigenvalue weighted by Crippen LogP contribution is 2.32. The topological polar surface area (TPSA) is 94.3 Å². The van der Waals surface area contributed by atoms with E-state index in [0.29, 0.717) is 22.2 Å². The second-order valence-corrected chi connectivity index (χ2v) is 7.75. The smallest absolute Gasteiger partial charge is 0.350 e. The van der Waals surface area contributed by atoms with Gasteiger partial charge in [-0.15, -0.1) is 11.3 Å². The van der Waals surface area contributed by atoms with Gasteiger partial charge < -0.3 is 15.8 Å². The van der Waals surface area contributed by atoms with E-state index < -0.39 is 5.54 Å². The number of nitrogens with zero attached hydrogens (tertiary/aromatic N) is 1. The van der Waals surface area contributed by atoms with Gasteiger partial charge in [-0.2, -0.15) is 0 Å². The minimum atomic E-state index is -0.461. The van der Waals surface area contributed by atoms with Gasteiger partial charge in [-0.1, -0.05) is 12.8 Å². The monoisotopic (exact) mass is 353 g/mol. The van der Waals surface area contributed by atoms with Gasteiger partial charge in [0, 0.05) is 5.54 Å². The highest BCUT2D eigenvalue weighted by molar-refractivity contribution is 7.13. The summed E-state index contributed by atoms with van der Waals surface area (Å²) in [5.74, 6) is -0.573. The lowest BCUT2D eigenvalue weighted by Crippen LogP contribution is -2.53. The number of thiazole rings is 1. The van der Waals surface area contributed by atoms with Crippen molar-refractivity contribution in [1.82, 2.24) is 10.3 Å². The van der Waals surface area contributed by atoms with Crippen molar-refractivity contribution in [3.8, 4) is 0 Å². The third kappa shape index (κ3) is 4.13. The first-order chi connectivity index (χ1) is 11.3. The van der Waals surface area contributed by atoms with Crippen molar-refractivity contribution < 1.29 is 14.3 Å². The van der Waals surface area contributed by atoms with E-state index in [9.17, 15) is 9.59 Å². The van der Waals surface area contributed by atoms with E-state index in [-0.39, 0.29) is 23.8 Å². The molecule has 1 saturated carbocycles. The van der Waals surface area contributed by atoms with Crippen LogP contribution in [0.2, 0.25) is 0 Å². The fourth-order valence-corrected chi connectivity index (χ4v) is 4.12. The van der Waals surface area contributed by atoms with E-state index in [2.05, 4.69) is 10.3 Å². The first-order valence-corrected chi connectivity index (χ1v) is 9.31. The van der Waals surface area contributed by atoms with Crippen LogP contribution in [0.5, 0.6) is 0 Å². The second kappa shape index (κ2) is 7.61. The Morgan fingerprint density at radius 2 is 2.21 bits per heavy atom. The summed E-state index contributed by atoms with van der Waals surface area (Å²) in [5.41, 5.74) is 6.48. The molecule has 1 fully saturated rings. The van der Waals surface area contributed by atoms with Crippen LogP contribution in [0, 0.1) is 12.8 Å². The molecule has 0 saturated heterocycles. The molecule has 7 heteroatoms. The summed E-state index contributed by atoms with van der Waals surface area (Å²) in [6, 6.07) is -0.262. The largest absolute Gasteiger partial charge is 0.462 e. The number of hydrogen-bond donors (Lipinski definition) is 2. The van der Waals surface area contributed by atoms with Crippen LogP contribution in [-0.2, 0) is 9.53 Å². The third-order valence-corrected chi connectivity index (χ3v) is 5.89. The van der Waals surface area contributed by atoms with Gasteiger partial charge in [-0.3, -0.25) is 4.79 Å². The number of nitrogens with one attached hydrogen (secondary N) is 1. The Morgan fingerprint density at radius 1 is 1.50 bits per heavy atom. The van der Waals surface area contributed by atoms with Gasteiger partial charge in [-0.25, -0.2) is 9.78 Å². The number of aromatic nitrogens is 1. The van der Waals surface area contributed by atoms with Gasteiger partial charge in [0.2, 0.25) is 5.91 Å². The van der Waals surface area contributed by atoms with Crippen LogP contribution >= 0.6 is 11.3 Å². The Labute approximate surface area is 147 Å². The number of aryl methyl sites for hydroxylation is 1. The lowest BCUT2D eigenvalue weighted by molar-refractivity contribution is -0.128. The molecule has 1 aromatic rings. The van der Waals surface area contributed by atoms with E-state index in [1.165, 1.54) is 11.3 Å². The molecule has 0 spiro atoms. The van der Waals surface area contributed by atoms with Crippen LogP contribution in [0.25, 0.3) is 0 Å². The van der Waals surface area contributed by atoms with Crippen molar-refractivity contribution in [2.24, 2.45) is 11.7 Å². The number of hydrogen-bond acceptors (Lipinski definition) is 6. The van der Waals surface area contributed by atoms with Crippen LogP contribution in [0.15, 0.2) is 0 Å². The summed E-state index contributed by atoms with van der Waals surface area (Å²) < 4.78 is 5.03. The normalized spacial score (nSPS) is 25.1. The predicted molar refractivity (Wildman–Crippen MR) is 93.9 cm³/mol. The number of carbonyl (C=O) groups is 2. The number of rotatable bonds is 5. The standard InChI is InChI=1S/C17H27N3O3S/c1-5-23-16(22)13-10(2)20-15(24-13)11(3)19-14(21)12-8-6-7-9-17(12,4)18/h11-12H,5-9,18H2,1-4H3,(H,19,21). The Balaban J connectivity index is 2.07. The van der Waals surface area contributed by atoms with E-state index in [0.717, 1.165) is 25.7 Å². The molecule has 1 amide bonds. The zero-order valence-corrected chi connectivity index (χ0v) is 15.7. The summed E-state index contributed by atoms with van der Waals surface area (Å²) in [6.07, 6.45) is 3.78. The quantitative estimate of drug-likeness (QED) is 0.794. The van der Waals surface area contributed by atoms with Crippen molar-refractivity contribution in [3.63, 3.8) is 0 Å². The number of carbonyl (C=O) groups excluding carboxylic acids is 2. The minimum Gasteiger partial charge on any atom is -0.462 e. The SMILES string of the molecule is CCOC(=O)c1sc(C(C)NC(=O)C2CCCCC2(C)N)nc1C. The summed E-state index contributed by atoms with van der Waals surface area (Å²) in [7, 11) is 0. The summed E-state index contributed by atoms with van der Waals surface area (Å²) >= 11 is 1.27. The van der Waals surface area contributed by atoms with E-state index in [1.54, 1.807) is 13.8 Å². The van der Waals surface area contributed by atoms with E-state index >= 15 is 0 Å². The maximum absolute atomic E-state index is 12.6. The van der Waals surface area contributed by atoms with Crippen molar-refractivity contribution in [1.29, 1.82) is 0 Å². The molecular weight excluding hydrogens is 326 g/mol. The minimum absolute atomic E-state index is 0.0299. The average molecular weight is 353 g/mol. The molecule has 3 unspecified atom stereocenters. The van der Waals surface area contributed by atoms with Crippen molar-refractivity contribution in [2.75, 3.05) is 6.61 Å². The van der Waals surface area contributed by atoms with Gasteiger partial charge in [0.25, 0.3) is 0 Å². The van der Waals surface area contributed by atoms with Crippen molar-refractivity contribution in [2.45, 2.75) is 65.0 Å². The number of amides is 1. The van der Waals surface area contributed by atoms with E-state index in [4.69, 9.17) is 10.5 Å². The third-order valence-electron chi connectivity index (χ3n) is 4.57. The van der Waals surface area contributed by atoms with Gasteiger partial charge >= 0.3 is 5.97 Å². The van der Waals surface area contributed by atoms with Crippen LogP contribution in [0.1, 0.15) is 72.9 Å². The maximum Gasteiger partial charge on any atom is 0.350 e. The molecule has 3 N–H and O–H groups in total. The van der Waals surface area contributed by atoms with Crippen LogP contribution in [0.3, 0.4) is 0 Å². The molecule has 3 atom stereocenters. The van der Waals surface area contributed by atoms with Crippen LogP contribution in [0.4, 0.5) is 0 Å². The lowest BCUT2D eigenvalue weighted by atomic mass is 9.74. The highest BCUT2D eigenvalue weighted by Gasteiger charge is 2.38. The maximum atomic E-state index is 12.6. The molecule has 0 aliphatic heterocycles. The first kappa shape index (κ1) is 18.9. The predicted octanol–water partition coefficient (Wildman–Crippen LogP) is 2.71. The van der Waals surface area contributed by atoms with Gasteiger partial charge in [0.05, 0.1) is 24.3 Å². The van der Waals surface area contributed by atoms with Crippen LogP contribution in [-0.4, -0.2) is 29.0 Å². The molecule has 1 aliphatic rings. The fourth-order valence-electron chi connectivity index (χ4n) is 3.15. The Bertz CT molecular complexity index is 612. The average Bonchev–Trinajstić information content (AvgIpc) is 2.89. The number of nitrogens with two attached hydrogens (primary N) is 1. The highest BCUT2D eigenvalue weighted by atomic mass is 32.1. The molecule has 1 aromatic heterocycles. The molecule has 0 aromatic carbocycles. The molecule has 0 radical (unpaired) electrons. The van der Waals surface area contributed by atoms with Crippen LogP contribution < -0.4 is 11.1 Å². The van der Waals surface area contributed by atoms with Crippen molar-refractivity contribution in [3.05, 3.63) is 15.6 Å². The Hall–Kier alpha value is -1.47. The molecule has 24 heavy (non-hydrogen) atoms. The summed E-state index contributed by atoms with van der Waals surface area (Å²) in [6.45, 7) is 7.70. The molecular formula is C17H27N3O3S. The van der Waals surface area contributed by atoms with Gasteiger partial charge in [0.15, 0.2) is 0 Å². The van der Waals surface area contributed by atoms with Gasteiger partial charge in [0.1, 0.15) is 9.88 Å². The molecule has 134 valence electrons. The fraction of sp³-hybridized carbons (Fsp3) is 0.706. The Morgan fingerprint density at radius 3 is 2.83 bits per heavy atom. The lowest BCUT2D eigenvalue weighted by Gasteiger charge is -2.37. The molecule has 1 heterocycles. The molecule has 0 bridgehead atoms.